The molecule has 18 heavy (non-hydrogen) atoms. The Bertz CT molecular complexity index is 373. The van der Waals surface area contributed by atoms with Gasteiger partial charge in [0.1, 0.15) is 24.6 Å². The van der Waals surface area contributed by atoms with Crippen molar-refractivity contribution in [3.63, 3.8) is 0 Å². The van der Waals surface area contributed by atoms with Gasteiger partial charge in [0, 0.05) is 13.8 Å². The second kappa shape index (κ2) is 6.18. The Morgan fingerprint density at radius 1 is 1.17 bits per heavy atom. The average molecular weight is 256 g/mol. The van der Waals surface area contributed by atoms with Crippen LogP contribution in [0.4, 0.5) is 0 Å². The summed E-state index contributed by atoms with van der Waals surface area (Å²) in [5.74, 6) is -1.80. The standard InChI is InChI=1S/C12H16O6/c1-7(13)12-10(18-9(3)15)4-5-16-11(12)6-17-8(2)14/h4-5,10-12H,6H2,1-3H3/t10-,11-,12-/m1/s1. The van der Waals surface area contributed by atoms with Crippen molar-refractivity contribution in [1.29, 1.82) is 0 Å². The number of ketones is 1. The third kappa shape index (κ3) is 3.87. The van der Waals surface area contributed by atoms with Crippen LogP contribution in [0.1, 0.15) is 20.8 Å². The lowest BCUT2D eigenvalue weighted by Crippen LogP contribution is -2.44. The van der Waals surface area contributed by atoms with E-state index in [1.54, 1.807) is 0 Å². The zero-order valence-corrected chi connectivity index (χ0v) is 10.5. The number of hydrogen-bond donors (Lipinski definition) is 0. The molecule has 0 spiro atoms. The van der Waals surface area contributed by atoms with Gasteiger partial charge in [-0.25, -0.2) is 0 Å². The van der Waals surface area contributed by atoms with E-state index in [1.807, 2.05) is 0 Å². The van der Waals surface area contributed by atoms with Gasteiger partial charge in [-0.1, -0.05) is 0 Å². The van der Waals surface area contributed by atoms with E-state index < -0.39 is 30.1 Å². The highest BCUT2D eigenvalue weighted by atomic mass is 16.6. The molecule has 0 saturated carbocycles. The molecule has 0 aromatic heterocycles. The summed E-state index contributed by atoms with van der Waals surface area (Å²) in [5.41, 5.74) is 0. The smallest absolute Gasteiger partial charge is 0.303 e. The summed E-state index contributed by atoms with van der Waals surface area (Å²) < 4.78 is 15.1. The third-order valence-electron chi connectivity index (χ3n) is 2.50. The minimum atomic E-state index is -0.686. The van der Waals surface area contributed by atoms with E-state index in [0.29, 0.717) is 0 Å². The zero-order chi connectivity index (χ0) is 13.7. The molecule has 1 aliphatic heterocycles. The normalized spacial score (nSPS) is 26.1. The molecule has 0 aromatic rings. The predicted molar refractivity (Wildman–Crippen MR) is 60.4 cm³/mol. The molecule has 0 aliphatic carbocycles. The fourth-order valence-electron chi connectivity index (χ4n) is 1.78. The molecule has 0 saturated heterocycles. The van der Waals surface area contributed by atoms with Crippen LogP contribution in [0.15, 0.2) is 12.3 Å². The summed E-state index contributed by atoms with van der Waals surface area (Å²) >= 11 is 0. The van der Waals surface area contributed by atoms with Gasteiger partial charge in [-0.3, -0.25) is 14.4 Å². The lowest BCUT2D eigenvalue weighted by Gasteiger charge is -2.32. The zero-order valence-electron chi connectivity index (χ0n) is 10.5. The first-order valence-electron chi connectivity index (χ1n) is 5.55. The molecule has 0 N–H and O–H groups in total. The van der Waals surface area contributed by atoms with Gasteiger partial charge < -0.3 is 14.2 Å². The molecule has 6 heteroatoms. The van der Waals surface area contributed by atoms with Crippen LogP contribution in [0, 0.1) is 5.92 Å². The Morgan fingerprint density at radius 3 is 2.33 bits per heavy atom. The number of carbonyl (C=O) groups excluding carboxylic acids is 3. The summed E-state index contributed by atoms with van der Waals surface area (Å²) in [6, 6.07) is 0. The van der Waals surface area contributed by atoms with E-state index >= 15 is 0 Å². The molecule has 1 rings (SSSR count). The van der Waals surface area contributed by atoms with Gasteiger partial charge in [-0.15, -0.1) is 0 Å². The Morgan fingerprint density at radius 2 is 1.83 bits per heavy atom. The van der Waals surface area contributed by atoms with E-state index in [0.717, 1.165) is 0 Å². The van der Waals surface area contributed by atoms with Crippen LogP contribution in [0.5, 0.6) is 0 Å². The number of hydrogen-bond acceptors (Lipinski definition) is 6. The molecule has 6 nitrogen and oxygen atoms in total. The fraction of sp³-hybridized carbons (Fsp3) is 0.583. The maximum atomic E-state index is 11.6. The van der Waals surface area contributed by atoms with Crippen LogP contribution < -0.4 is 0 Å². The molecule has 0 radical (unpaired) electrons. The van der Waals surface area contributed by atoms with Gasteiger partial charge >= 0.3 is 11.9 Å². The molecule has 0 unspecified atom stereocenters. The van der Waals surface area contributed by atoms with Crippen molar-refractivity contribution >= 4 is 17.7 Å². The molecule has 1 heterocycles. The minimum Gasteiger partial charge on any atom is -0.494 e. The lowest BCUT2D eigenvalue weighted by atomic mass is 9.90. The van der Waals surface area contributed by atoms with E-state index in [-0.39, 0.29) is 12.4 Å². The van der Waals surface area contributed by atoms with E-state index in [1.165, 1.54) is 33.1 Å². The summed E-state index contributed by atoms with van der Waals surface area (Å²) in [7, 11) is 0. The van der Waals surface area contributed by atoms with Crippen LogP contribution in [0.25, 0.3) is 0 Å². The SMILES string of the molecule is CC(=O)OC[C@H]1OC=C[C@@H](OC(C)=O)[C@H]1C(C)=O. The summed E-state index contributed by atoms with van der Waals surface area (Å²) in [5, 5.41) is 0. The molecule has 0 fully saturated rings. The highest BCUT2D eigenvalue weighted by Gasteiger charge is 2.38. The molecule has 3 atom stereocenters. The topological polar surface area (TPSA) is 78.9 Å². The highest BCUT2D eigenvalue weighted by Crippen LogP contribution is 2.23. The van der Waals surface area contributed by atoms with Gasteiger partial charge in [0.2, 0.25) is 0 Å². The summed E-state index contributed by atoms with van der Waals surface area (Å²) in [4.78, 5) is 33.3. The molecule has 0 bridgehead atoms. The van der Waals surface area contributed by atoms with Crippen molar-refractivity contribution in [2.24, 2.45) is 5.92 Å². The minimum absolute atomic E-state index is 0.0539. The monoisotopic (exact) mass is 256 g/mol. The number of carbonyl (C=O) groups is 3. The first-order chi connectivity index (χ1) is 8.41. The largest absolute Gasteiger partial charge is 0.494 e. The maximum Gasteiger partial charge on any atom is 0.303 e. The van der Waals surface area contributed by atoms with Crippen molar-refractivity contribution in [3.8, 4) is 0 Å². The number of ether oxygens (including phenoxy) is 3. The number of Topliss-reactive ketones (excluding diaryl/α,β-unsaturated/α-hetero) is 1. The molecule has 0 aromatic carbocycles. The first kappa shape index (κ1) is 14.2. The molecule has 100 valence electrons. The molecular weight excluding hydrogens is 240 g/mol. The second-order valence-electron chi connectivity index (χ2n) is 4.02. The van der Waals surface area contributed by atoms with Crippen LogP contribution in [-0.4, -0.2) is 36.5 Å². The van der Waals surface area contributed by atoms with Crippen LogP contribution in [0.3, 0.4) is 0 Å². The Kier molecular flexibility index (Phi) is 4.88. The third-order valence-corrected chi connectivity index (χ3v) is 2.50. The first-order valence-corrected chi connectivity index (χ1v) is 5.55. The van der Waals surface area contributed by atoms with Crippen LogP contribution in [0.2, 0.25) is 0 Å². The lowest BCUT2D eigenvalue weighted by molar-refractivity contribution is -0.159. The Hall–Kier alpha value is -1.85. The Labute approximate surface area is 105 Å². The highest BCUT2D eigenvalue weighted by molar-refractivity contribution is 5.80. The van der Waals surface area contributed by atoms with Crippen LogP contribution >= 0.6 is 0 Å². The van der Waals surface area contributed by atoms with Crippen molar-refractivity contribution in [3.05, 3.63) is 12.3 Å². The predicted octanol–water partition coefficient (Wildman–Crippen LogP) is 0.599. The number of esters is 2. The quantitative estimate of drug-likeness (QED) is 0.685. The van der Waals surface area contributed by atoms with Crippen LogP contribution in [-0.2, 0) is 28.6 Å². The fourth-order valence-corrected chi connectivity index (χ4v) is 1.78. The van der Waals surface area contributed by atoms with E-state index in [9.17, 15) is 14.4 Å². The molecule has 1 aliphatic rings. The number of rotatable bonds is 4. The van der Waals surface area contributed by atoms with Crippen molar-refractivity contribution in [2.75, 3.05) is 6.61 Å². The maximum absolute atomic E-state index is 11.6. The van der Waals surface area contributed by atoms with Gasteiger partial charge in [-0.2, -0.15) is 0 Å². The van der Waals surface area contributed by atoms with E-state index in [4.69, 9.17) is 14.2 Å². The molecule has 0 amide bonds. The summed E-state index contributed by atoms with van der Waals surface area (Å²) in [6.07, 6.45) is 1.52. The average Bonchev–Trinajstić information content (AvgIpc) is 2.25. The molecular formula is C12H16O6. The van der Waals surface area contributed by atoms with Crippen molar-refractivity contribution in [1.82, 2.24) is 0 Å². The van der Waals surface area contributed by atoms with Gasteiger partial charge in [0.25, 0.3) is 0 Å². The van der Waals surface area contributed by atoms with Crippen molar-refractivity contribution in [2.45, 2.75) is 33.0 Å². The van der Waals surface area contributed by atoms with Gasteiger partial charge in [-0.05, 0) is 13.0 Å². The van der Waals surface area contributed by atoms with Gasteiger partial charge in [0.05, 0.1) is 12.2 Å². The Balaban J connectivity index is 2.78. The summed E-state index contributed by atoms with van der Waals surface area (Å²) in [6.45, 7) is 3.86. The second-order valence-corrected chi connectivity index (χ2v) is 4.02. The van der Waals surface area contributed by atoms with Crippen molar-refractivity contribution < 1.29 is 28.6 Å². The van der Waals surface area contributed by atoms with E-state index in [2.05, 4.69) is 0 Å². The van der Waals surface area contributed by atoms with Gasteiger partial charge in [0.15, 0.2) is 0 Å².